The highest BCUT2D eigenvalue weighted by molar-refractivity contribution is 7.94. The van der Waals surface area contributed by atoms with Crippen LogP contribution < -0.4 is 4.90 Å². The third-order valence-electron chi connectivity index (χ3n) is 2.87. The number of amides is 1. The average Bonchev–Trinajstić information content (AvgIpc) is 2.73. The maximum Gasteiger partial charge on any atom is 0.471 e. The van der Waals surface area contributed by atoms with Crippen LogP contribution in [-0.4, -0.2) is 32.3 Å². The van der Waals surface area contributed by atoms with Gasteiger partial charge in [-0.1, -0.05) is 23.2 Å². The summed E-state index contributed by atoms with van der Waals surface area (Å²) in [5.74, 6) is -2.87. The second kappa shape index (κ2) is 5.75. The highest BCUT2D eigenvalue weighted by Gasteiger charge is 2.47. The van der Waals surface area contributed by atoms with E-state index in [-0.39, 0.29) is 15.7 Å². The minimum Gasteiger partial charge on any atom is -0.295 e. The molecule has 0 spiro atoms. The zero-order chi connectivity index (χ0) is 16.7. The van der Waals surface area contributed by atoms with Crippen molar-refractivity contribution in [1.29, 1.82) is 0 Å². The number of carbonyl (C=O) groups excluding carboxylic acids is 1. The summed E-state index contributed by atoms with van der Waals surface area (Å²) in [5, 5.41) is 0.677. The Labute approximate surface area is 134 Å². The first-order chi connectivity index (χ1) is 10.0. The van der Waals surface area contributed by atoms with Crippen molar-refractivity contribution in [3.63, 3.8) is 0 Å². The highest BCUT2D eigenvalue weighted by atomic mass is 35.5. The number of carbonyl (C=O) groups is 1. The molecule has 120 valence electrons. The lowest BCUT2D eigenvalue weighted by atomic mass is 10.2. The van der Waals surface area contributed by atoms with Gasteiger partial charge in [0, 0.05) is 10.4 Å². The van der Waals surface area contributed by atoms with Crippen molar-refractivity contribution in [2.24, 2.45) is 0 Å². The molecule has 1 aliphatic rings. The summed E-state index contributed by atoms with van der Waals surface area (Å²) in [4.78, 5) is 12.0. The molecule has 0 bridgehead atoms. The maximum atomic E-state index is 12.8. The Bertz CT molecular complexity index is 746. The molecule has 1 aromatic carbocycles. The molecular weight excluding hydrogens is 366 g/mol. The molecule has 1 amide bonds. The minimum absolute atomic E-state index is 0.0595. The lowest BCUT2D eigenvalue weighted by molar-refractivity contribution is -0.170. The number of halogens is 5. The maximum absolute atomic E-state index is 12.8. The fraction of sp³-hybridized carbons (Fsp3) is 0.250. The molecule has 10 heteroatoms. The van der Waals surface area contributed by atoms with E-state index in [0.717, 1.165) is 17.6 Å². The van der Waals surface area contributed by atoms with Gasteiger partial charge in [0.15, 0.2) is 9.84 Å². The second-order valence-corrected chi connectivity index (χ2v) is 7.27. The number of hydrogen-bond acceptors (Lipinski definition) is 3. The quantitative estimate of drug-likeness (QED) is 0.799. The monoisotopic (exact) mass is 373 g/mol. The molecule has 1 unspecified atom stereocenters. The predicted octanol–water partition coefficient (Wildman–Crippen LogP) is 3.20. The predicted molar refractivity (Wildman–Crippen MR) is 76.7 cm³/mol. The molecule has 0 aliphatic carbocycles. The van der Waals surface area contributed by atoms with Crippen molar-refractivity contribution in [1.82, 2.24) is 0 Å². The molecule has 0 saturated carbocycles. The van der Waals surface area contributed by atoms with Crippen molar-refractivity contribution < 1.29 is 26.4 Å². The number of nitrogens with zero attached hydrogens (tertiary/aromatic N) is 1. The van der Waals surface area contributed by atoms with Crippen LogP contribution in [0, 0.1) is 0 Å². The SMILES string of the molecule is O=C(N(c1cc(Cl)ccc1Cl)C1C=CS(=O)(=O)C1)C(F)(F)F. The Morgan fingerprint density at radius 3 is 2.41 bits per heavy atom. The topological polar surface area (TPSA) is 54.5 Å². The molecule has 1 atom stereocenters. The van der Waals surface area contributed by atoms with E-state index in [9.17, 15) is 26.4 Å². The fourth-order valence-electron chi connectivity index (χ4n) is 1.97. The van der Waals surface area contributed by atoms with Crippen LogP contribution in [0.15, 0.2) is 29.7 Å². The van der Waals surface area contributed by atoms with E-state index in [1.165, 1.54) is 12.1 Å². The summed E-state index contributed by atoms with van der Waals surface area (Å²) in [7, 11) is -3.67. The average molecular weight is 374 g/mol. The first-order valence-corrected chi connectivity index (χ1v) is 8.25. The van der Waals surface area contributed by atoms with Crippen molar-refractivity contribution in [3.05, 3.63) is 39.7 Å². The van der Waals surface area contributed by atoms with Gasteiger partial charge in [0.05, 0.1) is 22.5 Å². The van der Waals surface area contributed by atoms with Crippen LogP contribution in [0.4, 0.5) is 18.9 Å². The Kier molecular flexibility index (Phi) is 4.47. The smallest absolute Gasteiger partial charge is 0.295 e. The van der Waals surface area contributed by atoms with Gasteiger partial charge < -0.3 is 0 Å². The van der Waals surface area contributed by atoms with Gasteiger partial charge in [-0.3, -0.25) is 9.69 Å². The van der Waals surface area contributed by atoms with Gasteiger partial charge in [-0.15, -0.1) is 0 Å². The molecule has 22 heavy (non-hydrogen) atoms. The summed E-state index contributed by atoms with van der Waals surface area (Å²) >= 11 is 11.6. The van der Waals surface area contributed by atoms with Crippen LogP contribution >= 0.6 is 23.2 Å². The molecule has 0 aromatic heterocycles. The van der Waals surface area contributed by atoms with Crippen LogP contribution in [0.25, 0.3) is 0 Å². The van der Waals surface area contributed by atoms with Crippen molar-refractivity contribution >= 4 is 44.6 Å². The summed E-state index contributed by atoms with van der Waals surface area (Å²) in [6, 6.07) is 2.33. The minimum atomic E-state index is -5.19. The second-order valence-electron chi connectivity index (χ2n) is 4.49. The lowest BCUT2D eigenvalue weighted by Crippen LogP contribution is -2.48. The summed E-state index contributed by atoms with van der Waals surface area (Å²) in [6.45, 7) is 0. The lowest BCUT2D eigenvalue weighted by Gasteiger charge is -2.29. The molecule has 2 rings (SSSR count). The first-order valence-electron chi connectivity index (χ1n) is 5.78. The molecule has 4 nitrogen and oxygen atoms in total. The number of rotatable bonds is 2. The molecule has 0 fully saturated rings. The molecule has 1 aliphatic heterocycles. The third kappa shape index (κ3) is 3.56. The van der Waals surface area contributed by atoms with Crippen molar-refractivity contribution in [3.8, 4) is 0 Å². The van der Waals surface area contributed by atoms with Gasteiger partial charge in [0.2, 0.25) is 0 Å². The van der Waals surface area contributed by atoms with Gasteiger partial charge >= 0.3 is 12.1 Å². The van der Waals surface area contributed by atoms with Gasteiger partial charge in [-0.05, 0) is 24.3 Å². The normalized spacial score (nSPS) is 20.1. The summed E-state index contributed by atoms with van der Waals surface area (Å²) in [5.41, 5.74) is -0.303. The van der Waals surface area contributed by atoms with Crippen LogP contribution in [0.3, 0.4) is 0 Å². The highest BCUT2D eigenvalue weighted by Crippen LogP contribution is 2.35. The number of hydrogen-bond donors (Lipinski definition) is 0. The standard InChI is InChI=1S/C12H8Cl2F3NO3S/c13-7-1-2-9(14)10(5-7)18(11(19)12(15,16)17)8-3-4-22(20,21)6-8/h1-5,8H,6H2. The molecular formula is C12H8Cl2F3NO3S. The molecule has 1 heterocycles. The van der Waals surface area contributed by atoms with Crippen LogP contribution in [0.1, 0.15) is 0 Å². The van der Waals surface area contributed by atoms with Crippen LogP contribution in [-0.2, 0) is 14.6 Å². The van der Waals surface area contributed by atoms with Gasteiger partial charge in [0.25, 0.3) is 0 Å². The van der Waals surface area contributed by atoms with Gasteiger partial charge in [-0.25, -0.2) is 8.42 Å². The third-order valence-corrected chi connectivity index (χ3v) is 4.80. The van der Waals surface area contributed by atoms with E-state index in [0.29, 0.717) is 4.90 Å². The Morgan fingerprint density at radius 1 is 1.27 bits per heavy atom. The van der Waals surface area contributed by atoms with E-state index in [1.807, 2.05) is 0 Å². The van der Waals surface area contributed by atoms with E-state index in [2.05, 4.69) is 0 Å². The summed E-state index contributed by atoms with van der Waals surface area (Å²) in [6.07, 6.45) is -4.18. The van der Waals surface area contributed by atoms with E-state index >= 15 is 0 Å². The largest absolute Gasteiger partial charge is 0.471 e. The zero-order valence-corrected chi connectivity index (χ0v) is 13.0. The van der Waals surface area contributed by atoms with Crippen LogP contribution in [0.5, 0.6) is 0 Å². The van der Waals surface area contributed by atoms with Crippen molar-refractivity contribution in [2.45, 2.75) is 12.2 Å². The van der Waals surface area contributed by atoms with Gasteiger partial charge in [0.1, 0.15) is 0 Å². The molecule has 0 radical (unpaired) electrons. The molecule has 0 saturated heterocycles. The number of benzene rings is 1. The van der Waals surface area contributed by atoms with Crippen molar-refractivity contribution in [2.75, 3.05) is 10.7 Å². The van der Waals surface area contributed by atoms with Gasteiger partial charge in [-0.2, -0.15) is 13.2 Å². The van der Waals surface area contributed by atoms with E-state index in [1.54, 1.807) is 0 Å². The zero-order valence-electron chi connectivity index (χ0n) is 10.6. The molecule has 1 aromatic rings. The first kappa shape index (κ1) is 17.1. The summed E-state index contributed by atoms with van der Waals surface area (Å²) < 4.78 is 61.3. The Balaban J connectivity index is 2.54. The van der Waals surface area contributed by atoms with E-state index in [4.69, 9.17) is 23.2 Å². The Morgan fingerprint density at radius 2 is 1.91 bits per heavy atom. The Hall–Kier alpha value is -1.25. The number of alkyl halides is 3. The molecule has 0 N–H and O–H groups in total. The van der Waals surface area contributed by atoms with E-state index < -0.39 is 33.7 Å². The fourth-order valence-corrected chi connectivity index (χ4v) is 3.61. The number of sulfone groups is 1. The number of anilines is 1. The van der Waals surface area contributed by atoms with Crippen LogP contribution in [0.2, 0.25) is 10.0 Å².